The van der Waals surface area contributed by atoms with Crippen molar-refractivity contribution in [3.63, 3.8) is 0 Å². The van der Waals surface area contributed by atoms with Crippen molar-refractivity contribution in [3.05, 3.63) is 99.1 Å². The van der Waals surface area contributed by atoms with Crippen LogP contribution in [0.25, 0.3) is 6.08 Å². The topological polar surface area (TPSA) is 75.7 Å². The Balaban J connectivity index is 1.70. The molecular formula is C27H23ClN2O4. The van der Waals surface area contributed by atoms with Gasteiger partial charge in [0.2, 0.25) is 0 Å². The maximum atomic E-state index is 13.3. The fourth-order valence-electron chi connectivity index (χ4n) is 3.74. The minimum absolute atomic E-state index is 0.192. The number of halogens is 1. The Kier molecular flexibility index (Phi) is 6.52. The van der Waals surface area contributed by atoms with Gasteiger partial charge in [-0.3, -0.25) is 14.9 Å². The van der Waals surface area contributed by atoms with Crippen LogP contribution in [0, 0.1) is 20.8 Å². The molecule has 34 heavy (non-hydrogen) atoms. The molecule has 7 heteroatoms. The van der Waals surface area contributed by atoms with E-state index in [1.54, 1.807) is 30.3 Å². The molecule has 3 aromatic carbocycles. The third kappa shape index (κ3) is 4.72. The summed E-state index contributed by atoms with van der Waals surface area (Å²) in [7, 11) is 0. The molecule has 1 fully saturated rings. The van der Waals surface area contributed by atoms with Crippen LogP contribution in [-0.4, -0.2) is 17.8 Å². The van der Waals surface area contributed by atoms with Gasteiger partial charge in [0.05, 0.1) is 5.69 Å². The van der Waals surface area contributed by atoms with Crippen LogP contribution >= 0.6 is 11.6 Å². The lowest BCUT2D eigenvalue weighted by Gasteiger charge is -2.28. The fourth-order valence-corrected chi connectivity index (χ4v) is 3.92. The maximum Gasteiger partial charge on any atom is 0.335 e. The van der Waals surface area contributed by atoms with E-state index in [1.165, 1.54) is 6.08 Å². The number of hydrogen-bond donors (Lipinski definition) is 1. The molecule has 4 rings (SSSR count). The van der Waals surface area contributed by atoms with Crippen molar-refractivity contribution in [2.24, 2.45) is 0 Å². The molecule has 0 spiro atoms. The standard InChI is InChI=1S/C27H23ClN2O4/c1-16-6-4-8-19(12-16)15-34-24-11-10-21(28)13-20(24)14-22-25(31)29-27(33)30(26(22)32)23-9-5-7-17(2)18(23)3/h4-14H,15H2,1-3H3,(H,29,31,33)/b22-14+. The van der Waals surface area contributed by atoms with Gasteiger partial charge in [-0.1, -0.05) is 53.6 Å². The molecule has 6 nitrogen and oxygen atoms in total. The summed E-state index contributed by atoms with van der Waals surface area (Å²) >= 11 is 6.20. The number of hydrogen-bond acceptors (Lipinski definition) is 4. The molecule has 1 heterocycles. The first-order valence-corrected chi connectivity index (χ1v) is 11.1. The van der Waals surface area contributed by atoms with Gasteiger partial charge in [0.25, 0.3) is 11.8 Å². The number of carbonyl (C=O) groups excluding carboxylic acids is 3. The van der Waals surface area contributed by atoms with E-state index in [0.717, 1.165) is 27.2 Å². The average molecular weight is 475 g/mol. The predicted molar refractivity (Wildman–Crippen MR) is 132 cm³/mol. The molecule has 1 saturated heterocycles. The first-order chi connectivity index (χ1) is 16.2. The zero-order valence-electron chi connectivity index (χ0n) is 19.0. The van der Waals surface area contributed by atoms with E-state index in [-0.39, 0.29) is 5.57 Å². The summed E-state index contributed by atoms with van der Waals surface area (Å²) in [4.78, 5) is 39.5. The molecule has 0 aromatic heterocycles. The normalized spacial score (nSPS) is 15.0. The largest absolute Gasteiger partial charge is 0.488 e. The Hall–Kier alpha value is -3.90. The molecule has 3 aromatic rings. The Bertz CT molecular complexity index is 1350. The maximum absolute atomic E-state index is 13.3. The van der Waals surface area contributed by atoms with Crippen LogP contribution in [0.3, 0.4) is 0 Å². The van der Waals surface area contributed by atoms with Gasteiger partial charge in [0, 0.05) is 10.6 Å². The highest BCUT2D eigenvalue weighted by molar-refractivity contribution is 6.39. The predicted octanol–water partition coefficient (Wildman–Crippen LogP) is 5.51. The molecule has 1 aliphatic heterocycles. The van der Waals surface area contributed by atoms with E-state index < -0.39 is 17.8 Å². The Labute approximate surface area is 202 Å². The summed E-state index contributed by atoms with van der Waals surface area (Å²) < 4.78 is 5.99. The van der Waals surface area contributed by atoms with E-state index in [4.69, 9.17) is 16.3 Å². The second kappa shape index (κ2) is 9.53. The van der Waals surface area contributed by atoms with Crippen molar-refractivity contribution >= 4 is 41.2 Å². The molecular weight excluding hydrogens is 452 g/mol. The molecule has 0 unspecified atom stereocenters. The number of barbiturate groups is 1. The monoisotopic (exact) mass is 474 g/mol. The minimum Gasteiger partial charge on any atom is -0.488 e. The average Bonchev–Trinajstić information content (AvgIpc) is 2.79. The first kappa shape index (κ1) is 23.3. The highest BCUT2D eigenvalue weighted by atomic mass is 35.5. The van der Waals surface area contributed by atoms with Crippen LogP contribution in [-0.2, 0) is 16.2 Å². The third-order valence-electron chi connectivity index (χ3n) is 5.67. The number of imide groups is 2. The second-order valence-electron chi connectivity index (χ2n) is 8.14. The molecule has 172 valence electrons. The number of anilines is 1. The zero-order chi connectivity index (χ0) is 24.4. The minimum atomic E-state index is -0.789. The van der Waals surface area contributed by atoms with Gasteiger partial charge < -0.3 is 4.74 Å². The van der Waals surface area contributed by atoms with Crippen LogP contribution in [0.15, 0.2) is 66.2 Å². The lowest BCUT2D eigenvalue weighted by molar-refractivity contribution is -0.122. The molecule has 1 N–H and O–H groups in total. The first-order valence-electron chi connectivity index (χ1n) is 10.7. The molecule has 0 aliphatic carbocycles. The number of nitrogens with one attached hydrogen (secondary N) is 1. The zero-order valence-corrected chi connectivity index (χ0v) is 19.8. The van der Waals surface area contributed by atoms with Gasteiger partial charge in [0.15, 0.2) is 0 Å². The summed E-state index contributed by atoms with van der Waals surface area (Å²) in [5, 5.41) is 2.68. The fraction of sp³-hybridized carbons (Fsp3) is 0.148. The molecule has 0 atom stereocenters. The van der Waals surface area contributed by atoms with Gasteiger partial charge in [-0.15, -0.1) is 0 Å². The molecule has 1 aliphatic rings. The van der Waals surface area contributed by atoms with Gasteiger partial charge in [-0.05, 0) is 67.8 Å². The number of carbonyl (C=O) groups is 3. The van der Waals surface area contributed by atoms with Crippen LogP contribution < -0.4 is 15.0 Å². The van der Waals surface area contributed by atoms with E-state index in [0.29, 0.717) is 28.6 Å². The van der Waals surface area contributed by atoms with Crippen molar-refractivity contribution in [3.8, 4) is 5.75 Å². The van der Waals surface area contributed by atoms with E-state index in [2.05, 4.69) is 5.32 Å². The van der Waals surface area contributed by atoms with E-state index in [1.807, 2.05) is 51.1 Å². The van der Waals surface area contributed by atoms with Gasteiger partial charge in [0.1, 0.15) is 17.9 Å². The molecule has 0 radical (unpaired) electrons. The number of aryl methyl sites for hydroxylation is 2. The van der Waals surface area contributed by atoms with Crippen LogP contribution in [0.5, 0.6) is 5.75 Å². The van der Waals surface area contributed by atoms with Crippen molar-refractivity contribution in [2.45, 2.75) is 27.4 Å². The number of urea groups is 1. The van der Waals surface area contributed by atoms with Crippen LogP contribution in [0.4, 0.5) is 10.5 Å². The summed E-state index contributed by atoms with van der Waals surface area (Å²) in [5.74, 6) is -1.04. The lowest BCUT2D eigenvalue weighted by atomic mass is 10.0. The number of ether oxygens (including phenoxy) is 1. The van der Waals surface area contributed by atoms with E-state index in [9.17, 15) is 14.4 Å². The quantitative estimate of drug-likeness (QED) is 0.390. The summed E-state index contributed by atoms with van der Waals surface area (Å²) in [5.41, 5.74) is 4.46. The molecule has 0 bridgehead atoms. The van der Waals surface area contributed by atoms with Gasteiger partial charge >= 0.3 is 6.03 Å². The number of benzene rings is 3. The van der Waals surface area contributed by atoms with Crippen molar-refractivity contribution < 1.29 is 19.1 Å². The van der Waals surface area contributed by atoms with Crippen molar-refractivity contribution in [1.29, 1.82) is 0 Å². The Morgan fingerprint density at radius 3 is 2.50 bits per heavy atom. The van der Waals surface area contributed by atoms with Gasteiger partial charge in [-0.2, -0.15) is 0 Å². The number of amides is 4. The molecule has 4 amide bonds. The number of nitrogens with zero attached hydrogens (tertiary/aromatic N) is 1. The summed E-state index contributed by atoms with van der Waals surface area (Å²) in [6.45, 7) is 6.00. The van der Waals surface area contributed by atoms with Crippen LogP contribution in [0.1, 0.15) is 27.8 Å². The summed E-state index contributed by atoms with van der Waals surface area (Å²) in [6, 6.07) is 17.4. The Morgan fingerprint density at radius 1 is 0.971 bits per heavy atom. The molecule has 0 saturated carbocycles. The highest BCUT2D eigenvalue weighted by Crippen LogP contribution is 2.30. The highest BCUT2D eigenvalue weighted by Gasteiger charge is 2.37. The summed E-state index contributed by atoms with van der Waals surface area (Å²) in [6.07, 6.45) is 1.40. The van der Waals surface area contributed by atoms with Crippen LogP contribution in [0.2, 0.25) is 5.02 Å². The SMILES string of the molecule is Cc1cccc(COc2ccc(Cl)cc2/C=C2\C(=O)NC(=O)N(c3cccc(C)c3C)C2=O)c1. The number of rotatable bonds is 5. The van der Waals surface area contributed by atoms with Crippen molar-refractivity contribution in [1.82, 2.24) is 5.32 Å². The van der Waals surface area contributed by atoms with Crippen molar-refractivity contribution in [2.75, 3.05) is 4.90 Å². The second-order valence-corrected chi connectivity index (χ2v) is 8.57. The Morgan fingerprint density at radius 2 is 1.74 bits per heavy atom. The van der Waals surface area contributed by atoms with E-state index >= 15 is 0 Å². The third-order valence-corrected chi connectivity index (χ3v) is 5.90. The lowest BCUT2D eigenvalue weighted by Crippen LogP contribution is -2.54. The van der Waals surface area contributed by atoms with Gasteiger partial charge in [-0.25, -0.2) is 9.69 Å². The smallest absolute Gasteiger partial charge is 0.335 e.